The molecule has 2 rings (SSSR count). The van der Waals surface area contributed by atoms with Crippen molar-refractivity contribution < 1.29 is 19.1 Å². The molecular formula is C17H17N3O4S. The van der Waals surface area contributed by atoms with Crippen molar-refractivity contribution in [3.63, 3.8) is 0 Å². The Balaban J connectivity index is 2.00. The van der Waals surface area contributed by atoms with Gasteiger partial charge >= 0.3 is 5.97 Å². The van der Waals surface area contributed by atoms with E-state index >= 15 is 0 Å². The zero-order valence-corrected chi connectivity index (χ0v) is 14.5. The van der Waals surface area contributed by atoms with Crippen LogP contribution < -0.4 is 11.1 Å². The van der Waals surface area contributed by atoms with E-state index in [2.05, 4.69) is 10.3 Å². The fourth-order valence-electron chi connectivity index (χ4n) is 1.95. The molecule has 130 valence electrons. The zero-order chi connectivity index (χ0) is 18.4. The number of nitrogens with zero attached hydrogens (tertiary/aromatic N) is 1. The summed E-state index contributed by atoms with van der Waals surface area (Å²) in [6, 6.07) is 9.29. The molecule has 3 N–H and O–H groups in total. The highest BCUT2D eigenvalue weighted by molar-refractivity contribution is 7.98. The molecule has 8 heteroatoms. The number of rotatable bonds is 6. The van der Waals surface area contributed by atoms with Crippen LogP contribution in [0.2, 0.25) is 0 Å². The molecule has 0 bridgehead atoms. The third kappa shape index (κ3) is 4.80. The standard InChI is InChI=1S/C17H17N3O4S/c1-10(24-17(23)13-4-3-9-19-16(13)25-2)15(22)20-12-7-5-11(6-8-12)14(18)21/h3-10H,1-2H3,(H2,18,21)(H,20,22)/t10-/m1/s1. The van der Waals surface area contributed by atoms with Gasteiger partial charge in [-0.05, 0) is 49.6 Å². The maximum absolute atomic E-state index is 12.2. The summed E-state index contributed by atoms with van der Waals surface area (Å²) in [6.45, 7) is 1.47. The van der Waals surface area contributed by atoms with E-state index in [9.17, 15) is 14.4 Å². The van der Waals surface area contributed by atoms with Crippen molar-refractivity contribution in [2.45, 2.75) is 18.1 Å². The predicted molar refractivity (Wildman–Crippen MR) is 94.5 cm³/mol. The van der Waals surface area contributed by atoms with Gasteiger partial charge in [-0.15, -0.1) is 11.8 Å². The first kappa shape index (κ1) is 18.5. The fraction of sp³-hybridized carbons (Fsp3) is 0.176. The average molecular weight is 359 g/mol. The second-order valence-electron chi connectivity index (χ2n) is 5.04. The highest BCUT2D eigenvalue weighted by Gasteiger charge is 2.21. The third-order valence-electron chi connectivity index (χ3n) is 3.27. The van der Waals surface area contributed by atoms with Crippen LogP contribution in [-0.4, -0.2) is 35.1 Å². The number of ether oxygens (including phenoxy) is 1. The van der Waals surface area contributed by atoms with Crippen LogP contribution in [0.3, 0.4) is 0 Å². The number of benzene rings is 1. The summed E-state index contributed by atoms with van der Waals surface area (Å²) in [5, 5.41) is 3.13. The summed E-state index contributed by atoms with van der Waals surface area (Å²) in [5.74, 6) is -1.67. The van der Waals surface area contributed by atoms with Crippen LogP contribution in [0.5, 0.6) is 0 Å². The van der Waals surface area contributed by atoms with Crippen molar-refractivity contribution in [3.05, 3.63) is 53.7 Å². The molecule has 2 amide bonds. The number of hydrogen-bond acceptors (Lipinski definition) is 6. The van der Waals surface area contributed by atoms with E-state index in [4.69, 9.17) is 10.5 Å². The van der Waals surface area contributed by atoms with Crippen molar-refractivity contribution >= 4 is 35.2 Å². The van der Waals surface area contributed by atoms with E-state index in [0.717, 1.165) is 0 Å². The molecule has 0 saturated heterocycles. The number of hydrogen-bond donors (Lipinski definition) is 2. The third-order valence-corrected chi connectivity index (χ3v) is 3.99. The molecule has 2 aromatic rings. The minimum absolute atomic E-state index is 0.306. The van der Waals surface area contributed by atoms with Crippen LogP contribution in [0.1, 0.15) is 27.6 Å². The van der Waals surface area contributed by atoms with Crippen molar-refractivity contribution in [1.29, 1.82) is 0 Å². The van der Waals surface area contributed by atoms with Gasteiger partial charge in [-0.3, -0.25) is 9.59 Å². The first-order chi connectivity index (χ1) is 11.9. The Morgan fingerprint density at radius 1 is 1.20 bits per heavy atom. The molecule has 0 unspecified atom stereocenters. The molecule has 0 aliphatic carbocycles. The Morgan fingerprint density at radius 3 is 2.48 bits per heavy atom. The number of aromatic nitrogens is 1. The summed E-state index contributed by atoms with van der Waals surface area (Å²) in [5.41, 5.74) is 6.26. The molecule has 7 nitrogen and oxygen atoms in total. The average Bonchev–Trinajstić information content (AvgIpc) is 2.61. The molecule has 0 fully saturated rings. The Hall–Kier alpha value is -2.87. The molecule has 1 heterocycles. The van der Waals surface area contributed by atoms with E-state index in [1.165, 1.54) is 30.8 Å². The van der Waals surface area contributed by atoms with Crippen LogP contribution in [0.25, 0.3) is 0 Å². The number of pyridine rings is 1. The number of nitrogens with one attached hydrogen (secondary N) is 1. The zero-order valence-electron chi connectivity index (χ0n) is 13.7. The number of primary amides is 1. The Morgan fingerprint density at radius 2 is 1.88 bits per heavy atom. The molecule has 1 aromatic carbocycles. The second-order valence-corrected chi connectivity index (χ2v) is 5.83. The van der Waals surface area contributed by atoms with Crippen LogP contribution in [-0.2, 0) is 9.53 Å². The van der Waals surface area contributed by atoms with Crippen molar-refractivity contribution in [1.82, 2.24) is 4.98 Å². The molecule has 0 spiro atoms. The van der Waals surface area contributed by atoms with Gasteiger partial charge in [0.1, 0.15) is 5.03 Å². The van der Waals surface area contributed by atoms with E-state index < -0.39 is 23.9 Å². The monoisotopic (exact) mass is 359 g/mol. The number of amides is 2. The number of esters is 1. The molecule has 0 saturated carbocycles. The van der Waals surface area contributed by atoms with E-state index in [1.807, 2.05) is 0 Å². The van der Waals surface area contributed by atoms with Gasteiger partial charge in [0.05, 0.1) is 5.56 Å². The van der Waals surface area contributed by atoms with Crippen LogP contribution in [0.15, 0.2) is 47.6 Å². The maximum atomic E-state index is 12.2. The topological polar surface area (TPSA) is 111 Å². The molecule has 1 atom stereocenters. The lowest BCUT2D eigenvalue weighted by Gasteiger charge is -2.14. The summed E-state index contributed by atoms with van der Waals surface area (Å²) in [4.78, 5) is 39.5. The summed E-state index contributed by atoms with van der Waals surface area (Å²) in [7, 11) is 0. The van der Waals surface area contributed by atoms with Gasteiger partial charge in [-0.25, -0.2) is 9.78 Å². The minimum atomic E-state index is -1.00. The lowest BCUT2D eigenvalue weighted by atomic mass is 10.2. The molecule has 0 aliphatic heterocycles. The first-order valence-corrected chi connectivity index (χ1v) is 8.55. The Labute approximate surface area is 149 Å². The summed E-state index contributed by atoms with van der Waals surface area (Å²) < 4.78 is 5.20. The number of carbonyl (C=O) groups excluding carboxylic acids is 3. The van der Waals surface area contributed by atoms with Gasteiger partial charge in [-0.1, -0.05) is 0 Å². The van der Waals surface area contributed by atoms with Gasteiger partial charge in [0.25, 0.3) is 5.91 Å². The SMILES string of the molecule is CSc1ncccc1C(=O)O[C@H](C)C(=O)Nc1ccc(C(N)=O)cc1. The second kappa shape index (κ2) is 8.29. The van der Waals surface area contributed by atoms with Crippen molar-refractivity contribution in [2.75, 3.05) is 11.6 Å². The van der Waals surface area contributed by atoms with Gasteiger partial charge < -0.3 is 15.8 Å². The van der Waals surface area contributed by atoms with Gasteiger partial charge in [0.15, 0.2) is 6.10 Å². The molecule has 25 heavy (non-hydrogen) atoms. The van der Waals surface area contributed by atoms with E-state index in [1.54, 1.807) is 36.7 Å². The maximum Gasteiger partial charge on any atom is 0.341 e. The molecular weight excluding hydrogens is 342 g/mol. The van der Waals surface area contributed by atoms with Gasteiger partial charge in [-0.2, -0.15) is 0 Å². The predicted octanol–water partition coefficient (Wildman–Crippen LogP) is 2.09. The van der Waals surface area contributed by atoms with E-state index in [-0.39, 0.29) is 0 Å². The molecule has 0 radical (unpaired) electrons. The summed E-state index contributed by atoms with van der Waals surface area (Å²) >= 11 is 1.32. The Kier molecular flexibility index (Phi) is 6.13. The first-order valence-electron chi connectivity index (χ1n) is 7.33. The van der Waals surface area contributed by atoms with Crippen molar-refractivity contribution in [3.8, 4) is 0 Å². The smallest absolute Gasteiger partial charge is 0.341 e. The Bertz CT molecular complexity index is 793. The van der Waals surface area contributed by atoms with Crippen LogP contribution in [0, 0.1) is 0 Å². The minimum Gasteiger partial charge on any atom is -0.449 e. The van der Waals surface area contributed by atoms with Crippen LogP contribution >= 0.6 is 11.8 Å². The van der Waals surface area contributed by atoms with Gasteiger partial charge in [0.2, 0.25) is 5.91 Å². The largest absolute Gasteiger partial charge is 0.449 e. The normalized spacial score (nSPS) is 11.4. The lowest BCUT2D eigenvalue weighted by Crippen LogP contribution is -2.30. The number of nitrogens with two attached hydrogens (primary N) is 1. The molecule has 1 aromatic heterocycles. The molecule has 0 aliphatic rings. The highest BCUT2D eigenvalue weighted by atomic mass is 32.2. The quantitative estimate of drug-likeness (QED) is 0.603. The highest BCUT2D eigenvalue weighted by Crippen LogP contribution is 2.18. The number of carbonyl (C=O) groups is 3. The number of thioether (sulfide) groups is 1. The lowest BCUT2D eigenvalue weighted by molar-refractivity contribution is -0.123. The fourth-order valence-corrected chi connectivity index (χ4v) is 2.49. The van der Waals surface area contributed by atoms with E-state index in [0.29, 0.717) is 21.8 Å². The van der Waals surface area contributed by atoms with Crippen molar-refractivity contribution in [2.24, 2.45) is 5.73 Å². The summed E-state index contributed by atoms with van der Waals surface area (Å²) in [6.07, 6.45) is 2.37. The number of anilines is 1. The van der Waals surface area contributed by atoms with Crippen LogP contribution in [0.4, 0.5) is 5.69 Å². The van der Waals surface area contributed by atoms with Gasteiger partial charge in [0, 0.05) is 17.4 Å².